The molecule has 1 aliphatic rings. The standard InChI is InChI=1S/C20H21FN2O7S/c21-15-3-1-14(2-4-15)12-22-19(25)13-30-20(26)17-11-16(5-6-18(17)24)31(27,28)23-7-9-29-10-8-23/h1-6,11,24H,7-10,12-13H2,(H,22,25). The van der Waals surface area contributed by atoms with Crippen LogP contribution in [0.5, 0.6) is 5.75 Å². The van der Waals surface area contributed by atoms with E-state index in [0.717, 1.165) is 12.1 Å². The molecule has 1 saturated heterocycles. The number of morpholine rings is 1. The van der Waals surface area contributed by atoms with Crippen molar-refractivity contribution < 1.29 is 37.0 Å². The molecule has 0 spiro atoms. The van der Waals surface area contributed by atoms with Crippen molar-refractivity contribution >= 4 is 21.9 Å². The lowest BCUT2D eigenvalue weighted by Gasteiger charge is -2.26. The van der Waals surface area contributed by atoms with Gasteiger partial charge in [-0.15, -0.1) is 0 Å². The van der Waals surface area contributed by atoms with Crippen LogP contribution in [0.1, 0.15) is 15.9 Å². The number of carbonyl (C=O) groups is 2. The lowest BCUT2D eigenvalue weighted by molar-refractivity contribution is -0.124. The van der Waals surface area contributed by atoms with Crippen molar-refractivity contribution in [1.29, 1.82) is 0 Å². The van der Waals surface area contributed by atoms with Crippen LogP contribution in [0.3, 0.4) is 0 Å². The molecule has 1 aliphatic heterocycles. The SMILES string of the molecule is O=C(COC(=O)c1cc(S(=O)(=O)N2CCOCC2)ccc1O)NCc1ccc(F)cc1. The largest absolute Gasteiger partial charge is 0.507 e. The van der Waals surface area contributed by atoms with E-state index < -0.39 is 40.1 Å². The maximum absolute atomic E-state index is 12.9. The second-order valence-electron chi connectivity index (χ2n) is 6.67. The number of hydrogen-bond acceptors (Lipinski definition) is 7. The predicted octanol–water partition coefficient (Wildman–Crippen LogP) is 1.03. The van der Waals surface area contributed by atoms with Crippen LogP contribution in [-0.4, -0.2) is 62.6 Å². The van der Waals surface area contributed by atoms with Gasteiger partial charge in [0.1, 0.15) is 17.1 Å². The molecule has 2 aromatic rings. The van der Waals surface area contributed by atoms with Crippen LogP contribution < -0.4 is 5.32 Å². The third kappa shape index (κ3) is 5.78. The number of hydrogen-bond donors (Lipinski definition) is 2. The molecule has 1 heterocycles. The highest BCUT2D eigenvalue weighted by Crippen LogP contribution is 2.25. The van der Waals surface area contributed by atoms with E-state index in [1.165, 1.54) is 34.6 Å². The summed E-state index contributed by atoms with van der Waals surface area (Å²) < 4.78 is 49.6. The molecule has 31 heavy (non-hydrogen) atoms. The molecule has 3 rings (SSSR count). The number of amides is 1. The number of nitrogens with zero attached hydrogens (tertiary/aromatic N) is 1. The molecule has 0 bridgehead atoms. The summed E-state index contributed by atoms with van der Waals surface area (Å²) in [5.74, 6) is -2.54. The lowest BCUT2D eigenvalue weighted by atomic mass is 10.2. The average molecular weight is 452 g/mol. The van der Waals surface area contributed by atoms with Gasteiger partial charge in [-0.3, -0.25) is 4.79 Å². The van der Waals surface area contributed by atoms with Gasteiger partial charge in [-0.2, -0.15) is 4.31 Å². The van der Waals surface area contributed by atoms with E-state index in [2.05, 4.69) is 5.32 Å². The van der Waals surface area contributed by atoms with Gasteiger partial charge >= 0.3 is 5.97 Å². The smallest absolute Gasteiger partial charge is 0.342 e. The minimum absolute atomic E-state index is 0.106. The van der Waals surface area contributed by atoms with Gasteiger partial charge in [0, 0.05) is 19.6 Å². The highest BCUT2D eigenvalue weighted by atomic mass is 32.2. The molecule has 166 valence electrons. The normalized spacial score (nSPS) is 14.7. The molecule has 1 fully saturated rings. The van der Waals surface area contributed by atoms with Gasteiger partial charge in [-0.05, 0) is 35.9 Å². The number of rotatable bonds is 7. The molecule has 0 radical (unpaired) electrons. The highest BCUT2D eigenvalue weighted by molar-refractivity contribution is 7.89. The third-order valence-corrected chi connectivity index (χ3v) is 6.43. The topological polar surface area (TPSA) is 122 Å². The summed E-state index contributed by atoms with van der Waals surface area (Å²) in [5.41, 5.74) is 0.278. The highest BCUT2D eigenvalue weighted by Gasteiger charge is 2.28. The van der Waals surface area contributed by atoms with Crippen molar-refractivity contribution in [3.05, 3.63) is 59.4 Å². The second kappa shape index (κ2) is 9.86. The van der Waals surface area contributed by atoms with Gasteiger partial charge < -0.3 is 19.9 Å². The summed E-state index contributed by atoms with van der Waals surface area (Å²) >= 11 is 0. The van der Waals surface area contributed by atoms with Crippen molar-refractivity contribution in [3.63, 3.8) is 0 Å². The monoisotopic (exact) mass is 452 g/mol. The van der Waals surface area contributed by atoms with E-state index >= 15 is 0 Å². The molecule has 2 aromatic carbocycles. The molecule has 11 heteroatoms. The van der Waals surface area contributed by atoms with Crippen molar-refractivity contribution in [1.82, 2.24) is 9.62 Å². The number of halogens is 1. The van der Waals surface area contributed by atoms with Gasteiger partial charge in [-0.25, -0.2) is 17.6 Å². The predicted molar refractivity (Wildman–Crippen MR) is 106 cm³/mol. The number of nitrogens with one attached hydrogen (secondary N) is 1. The molecule has 0 aromatic heterocycles. The number of phenolic OH excluding ortho intramolecular Hbond substituents is 1. The zero-order valence-corrected chi connectivity index (χ0v) is 17.2. The molecular formula is C20H21FN2O7S. The van der Waals surface area contributed by atoms with Gasteiger partial charge in [0.05, 0.1) is 18.1 Å². The number of aromatic hydroxyl groups is 1. The minimum Gasteiger partial charge on any atom is -0.507 e. The Morgan fingerprint density at radius 1 is 1.13 bits per heavy atom. The van der Waals surface area contributed by atoms with Crippen LogP contribution in [0.2, 0.25) is 0 Å². The molecule has 0 unspecified atom stereocenters. The van der Waals surface area contributed by atoms with Gasteiger partial charge in [-0.1, -0.05) is 12.1 Å². The maximum atomic E-state index is 12.9. The number of phenols is 1. The summed E-state index contributed by atoms with van der Waals surface area (Å²) in [5, 5.41) is 12.5. The quantitative estimate of drug-likeness (QED) is 0.602. The number of benzene rings is 2. The Morgan fingerprint density at radius 2 is 1.81 bits per heavy atom. The maximum Gasteiger partial charge on any atom is 0.342 e. The van der Waals surface area contributed by atoms with Crippen molar-refractivity contribution in [2.75, 3.05) is 32.9 Å². The summed E-state index contributed by atoms with van der Waals surface area (Å²) in [7, 11) is -3.88. The molecule has 9 nitrogen and oxygen atoms in total. The van der Waals surface area contributed by atoms with Crippen molar-refractivity contribution in [2.45, 2.75) is 11.4 Å². The Balaban J connectivity index is 1.61. The summed E-state index contributed by atoms with van der Waals surface area (Å²) in [6.07, 6.45) is 0. The lowest BCUT2D eigenvalue weighted by Crippen LogP contribution is -2.40. The molecule has 0 aliphatic carbocycles. The van der Waals surface area contributed by atoms with Gasteiger partial charge in [0.2, 0.25) is 10.0 Å². The van der Waals surface area contributed by atoms with E-state index in [4.69, 9.17) is 9.47 Å². The van der Waals surface area contributed by atoms with Gasteiger partial charge in [0.15, 0.2) is 6.61 Å². The molecule has 0 atom stereocenters. The Kier molecular flexibility index (Phi) is 7.21. The van der Waals surface area contributed by atoms with Crippen LogP contribution in [0, 0.1) is 5.82 Å². The number of carbonyl (C=O) groups excluding carboxylic acids is 2. The first kappa shape index (κ1) is 22.7. The number of sulfonamides is 1. The molecular weight excluding hydrogens is 431 g/mol. The van der Waals surface area contributed by atoms with E-state index in [0.29, 0.717) is 5.56 Å². The van der Waals surface area contributed by atoms with Crippen LogP contribution in [0.4, 0.5) is 4.39 Å². The fourth-order valence-corrected chi connectivity index (χ4v) is 4.27. The van der Waals surface area contributed by atoms with Crippen LogP contribution in [0.25, 0.3) is 0 Å². The average Bonchev–Trinajstić information content (AvgIpc) is 2.78. The minimum atomic E-state index is -3.88. The van der Waals surface area contributed by atoms with E-state index in [1.807, 2.05) is 0 Å². The number of esters is 1. The Hall–Kier alpha value is -3.02. The first-order chi connectivity index (χ1) is 14.8. The molecule has 0 saturated carbocycles. The van der Waals surface area contributed by atoms with E-state index in [-0.39, 0.29) is 43.3 Å². The van der Waals surface area contributed by atoms with Crippen LogP contribution in [0.15, 0.2) is 47.4 Å². The van der Waals surface area contributed by atoms with Gasteiger partial charge in [0.25, 0.3) is 5.91 Å². The Bertz CT molecular complexity index is 1050. The summed E-state index contributed by atoms with van der Waals surface area (Å²) in [6, 6.07) is 8.79. The van der Waals surface area contributed by atoms with E-state index in [1.54, 1.807) is 0 Å². The molecule has 2 N–H and O–H groups in total. The van der Waals surface area contributed by atoms with Crippen molar-refractivity contribution in [3.8, 4) is 5.75 Å². The first-order valence-electron chi connectivity index (χ1n) is 9.36. The third-order valence-electron chi connectivity index (χ3n) is 4.53. The Labute approximate surface area is 178 Å². The zero-order chi connectivity index (χ0) is 22.4. The van der Waals surface area contributed by atoms with Crippen molar-refractivity contribution in [2.24, 2.45) is 0 Å². The zero-order valence-electron chi connectivity index (χ0n) is 16.4. The number of ether oxygens (including phenoxy) is 2. The Morgan fingerprint density at radius 3 is 2.48 bits per heavy atom. The summed E-state index contributed by atoms with van der Waals surface area (Å²) in [4.78, 5) is 24.0. The van der Waals surface area contributed by atoms with Crippen LogP contribution in [-0.2, 0) is 30.8 Å². The fraction of sp³-hybridized carbons (Fsp3) is 0.300. The molecule has 1 amide bonds. The fourth-order valence-electron chi connectivity index (χ4n) is 2.84. The first-order valence-corrected chi connectivity index (χ1v) is 10.8. The van der Waals surface area contributed by atoms with E-state index in [9.17, 15) is 27.5 Å². The summed E-state index contributed by atoms with van der Waals surface area (Å²) in [6.45, 7) is 0.349. The van der Waals surface area contributed by atoms with Crippen LogP contribution >= 0.6 is 0 Å². The second-order valence-corrected chi connectivity index (χ2v) is 8.61.